The average molecular weight is 487 g/mol. The van der Waals surface area contributed by atoms with E-state index in [1.54, 1.807) is 0 Å². The number of ether oxygens (including phenoxy) is 1. The van der Waals surface area contributed by atoms with Gasteiger partial charge in [-0.05, 0) is 23.2 Å². The van der Waals surface area contributed by atoms with Crippen LogP contribution < -0.4 is 0 Å². The monoisotopic (exact) mass is 486 g/mol. The Morgan fingerprint density at radius 3 is 0.704 bits per heavy atom. The molecule has 0 aromatic rings. The topological polar surface area (TPSA) is 9.23 Å². The molecule has 0 aromatic carbocycles. The molecule has 0 aliphatic carbocycles. The quantitative estimate of drug-likeness (QED) is 0.285. The van der Waals surface area contributed by atoms with Gasteiger partial charge < -0.3 is 0 Å². The van der Waals surface area contributed by atoms with Crippen LogP contribution in [0.2, 0.25) is 0 Å². The van der Waals surface area contributed by atoms with E-state index in [-0.39, 0.29) is 0 Å². The number of rotatable bonds is 8. The van der Waals surface area contributed by atoms with Crippen LogP contribution in [-0.4, -0.2) is 46.7 Å². The summed E-state index contributed by atoms with van der Waals surface area (Å²) in [6.07, 6.45) is -15.6. The van der Waals surface area contributed by atoms with E-state index in [9.17, 15) is 70.2 Å². The van der Waals surface area contributed by atoms with Crippen molar-refractivity contribution in [3.05, 3.63) is 0 Å². The molecular weight excluding hydrogens is 487 g/mol. The zero-order valence-corrected chi connectivity index (χ0v) is 12.7. The third-order valence-corrected chi connectivity index (χ3v) is 2.96. The minimum absolute atomic E-state index is 1.21. The van der Waals surface area contributed by atoms with Crippen molar-refractivity contribution < 1.29 is 75.0 Å². The van der Waals surface area contributed by atoms with E-state index in [4.69, 9.17) is 0 Å². The normalized spacial score (nSPS) is 16.7. The number of hydrogen-bond acceptors (Lipinski definition) is 1. The van der Waals surface area contributed by atoms with Gasteiger partial charge in [0.1, 0.15) is 0 Å². The summed E-state index contributed by atoms with van der Waals surface area (Å²) in [7, 11) is 0. The second-order valence-electron chi connectivity index (χ2n) is 4.43. The Labute approximate surface area is 146 Å². The molecule has 0 N–H and O–H groups in total. The molecule has 0 spiro atoms. The predicted molar refractivity (Wildman–Crippen MR) is 52.4 cm³/mol. The summed E-state index contributed by atoms with van der Waals surface area (Å²) < 4.78 is 202. The Kier molecular flexibility index (Phi) is 6.33. The molecule has 0 aliphatic rings. The third kappa shape index (κ3) is 3.95. The smallest absolute Gasteiger partial charge is 0.245 e. The van der Waals surface area contributed by atoms with Crippen LogP contribution in [0, 0.1) is 0 Å². The second-order valence-corrected chi connectivity index (χ2v) is 5.38. The van der Waals surface area contributed by atoms with Gasteiger partial charge in [0, 0.05) is 0 Å². The van der Waals surface area contributed by atoms with Gasteiger partial charge in [-0.2, -0.15) is 70.2 Å². The first-order valence-corrected chi connectivity index (χ1v) is 6.07. The standard InChI is InChI=1S/C8Cl2F16O/c9-5(19,20)1(11,12)3(15,16)7(23,24)27-8(25,26)4(17,18)2(13,14)6(10,21)22. The van der Waals surface area contributed by atoms with Crippen molar-refractivity contribution >= 4 is 23.2 Å². The Hall–Kier alpha value is -0.580. The summed E-state index contributed by atoms with van der Waals surface area (Å²) >= 11 is 6.77. The van der Waals surface area contributed by atoms with Crippen LogP contribution in [0.4, 0.5) is 70.2 Å². The number of hydrogen-bond donors (Lipinski definition) is 0. The van der Waals surface area contributed by atoms with E-state index in [1.807, 2.05) is 0 Å². The van der Waals surface area contributed by atoms with Crippen LogP contribution in [0.5, 0.6) is 0 Å². The number of halogens is 18. The van der Waals surface area contributed by atoms with Crippen molar-refractivity contribution in [2.75, 3.05) is 0 Å². The van der Waals surface area contributed by atoms with Crippen molar-refractivity contribution in [2.24, 2.45) is 0 Å². The van der Waals surface area contributed by atoms with Gasteiger partial charge in [-0.25, -0.2) is 4.74 Å². The van der Waals surface area contributed by atoms with Gasteiger partial charge in [-0.1, -0.05) is 0 Å². The maximum atomic E-state index is 12.8. The van der Waals surface area contributed by atoms with Gasteiger partial charge in [-0.3, -0.25) is 0 Å². The van der Waals surface area contributed by atoms with E-state index in [1.165, 1.54) is 4.74 Å². The maximum absolute atomic E-state index is 12.8. The Balaban J connectivity index is 6.19. The van der Waals surface area contributed by atoms with E-state index in [0.717, 1.165) is 0 Å². The Bertz CT molecular complexity index is 498. The highest BCUT2D eigenvalue weighted by Crippen LogP contribution is 2.59. The zero-order chi connectivity index (χ0) is 22.7. The predicted octanol–water partition coefficient (Wildman–Crippen LogP) is 6.39. The van der Waals surface area contributed by atoms with Crippen LogP contribution in [0.25, 0.3) is 0 Å². The summed E-state index contributed by atoms with van der Waals surface area (Å²) in [5.74, 6) is -30.7. The van der Waals surface area contributed by atoms with Crippen LogP contribution in [-0.2, 0) is 4.74 Å². The third-order valence-electron chi connectivity index (χ3n) is 2.49. The molecule has 0 aromatic heterocycles. The van der Waals surface area contributed by atoms with E-state index in [2.05, 4.69) is 23.2 Å². The van der Waals surface area contributed by atoms with Crippen molar-refractivity contribution in [3.8, 4) is 0 Å². The SMILES string of the molecule is FC(F)(Cl)C(F)(F)C(F)(F)C(F)(F)OC(F)(F)C(F)(F)C(F)(F)C(F)(F)Cl. The fraction of sp³-hybridized carbons (Fsp3) is 1.00. The molecule has 0 heterocycles. The van der Waals surface area contributed by atoms with E-state index in [0.29, 0.717) is 0 Å². The Morgan fingerprint density at radius 2 is 0.556 bits per heavy atom. The van der Waals surface area contributed by atoms with Gasteiger partial charge in [0.2, 0.25) is 0 Å². The minimum atomic E-state index is -7.84. The lowest BCUT2D eigenvalue weighted by molar-refractivity contribution is -0.510. The summed E-state index contributed by atoms with van der Waals surface area (Å²) in [6.45, 7) is 0. The summed E-state index contributed by atoms with van der Waals surface area (Å²) in [5.41, 5.74) is 0. The lowest BCUT2D eigenvalue weighted by Gasteiger charge is -2.38. The van der Waals surface area contributed by atoms with Crippen molar-refractivity contribution in [1.82, 2.24) is 0 Å². The maximum Gasteiger partial charge on any atom is 0.430 e. The average Bonchev–Trinajstić information content (AvgIpc) is 2.33. The molecule has 0 unspecified atom stereocenters. The molecule has 0 rings (SSSR count). The molecule has 0 aliphatic heterocycles. The summed E-state index contributed by atoms with van der Waals surface area (Å²) in [5, 5.41) is -13.3. The van der Waals surface area contributed by atoms with Crippen LogP contribution >= 0.6 is 23.2 Å². The van der Waals surface area contributed by atoms with Crippen LogP contribution in [0.3, 0.4) is 0 Å². The van der Waals surface area contributed by atoms with Gasteiger partial charge in [0.15, 0.2) is 0 Å². The van der Waals surface area contributed by atoms with Crippen molar-refractivity contribution in [2.45, 2.75) is 46.7 Å². The molecule has 0 atom stereocenters. The highest BCUT2D eigenvalue weighted by atomic mass is 35.5. The molecular formula is C8Cl2F16O. The second kappa shape index (κ2) is 6.47. The first-order valence-electron chi connectivity index (χ1n) is 5.31. The first kappa shape index (κ1) is 26.4. The molecule has 19 heteroatoms. The van der Waals surface area contributed by atoms with Gasteiger partial charge in [0.25, 0.3) is 0 Å². The lowest BCUT2D eigenvalue weighted by atomic mass is 10.1. The highest BCUT2D eigenvalue weighted by Gasteiger charge is 2.87. The molecule has 0 amide bonds. The Morgan fingerprint density at radius 1 is 0.370 bits per heavy atom. The van der Waals surface area contributed by atoms with E-state index < -0.39 is 46.7 Å². The first-order chi connectivity index (χ1) is 11.2. The zero-order valence-electron chi connectivity index (χ0n) is 11.2. The molecule has 0 saturated heterocycles. The molecule has 27 heavy (non-hydrogen) atoms. The molecule has 0 radical (unpaired) electrons. The molecule has 0 fully saturated rings. The fourth-order valence-corrected chi connectivity index (χ4v) is 1.25. The van der Waals surface area contributed by atoms with Crippen molar-refractivity contribution in [1.29, 1.82) is 0 Å². The lowest BCUT2D eigenvalue weighted by Crippen LogP contribution is -2.67. The van der Waals surface area contributed by atoms with Crippen LogP contribution in [0.15, 0.2) is 0 Å². The van der Waals surface area contributed by atoms with E-state index >= 15 is 0 Å². The van der Waals surface area contributed by atoms with Gasteiger partial charge >= 0.3 is 46.7 Å². The molecule has 0 bridgehead atoms. The molecule has 164 valence electrons. The van der Waals surface area contributed by atoms with Crippen molar-refractivity contribution in [3.63, 3.8) is 0 Å². The number of alkyl halides is 18. The largest absolute Gasteiger partial charge is 0.430 e. The summed E-state index contributed by atoms with van der Waals surface area (Å²) in [4.78, 5) is 0. The highest BCUT2D eigenvalue weighted by molar-refractivity contribution is 6.22. The fourth-order valence-electron chi connectivity index (χ4n) is 1.01. The van der Waals surface area contributed by atoms with Gasteiger partial charge in [-0.15, -0.1) is 0 Å². The molecule has 1 nitrogen and oxygen atoms in total. The molecule has 0 saturated carbocycles. The minimum Gasteiger partial charge on any atom is -0.245 e. The van der Waals surface area contributed by atoms with Gasteiger partial charge in [0.05, 0.1) is 0 Å². The van der Waals surface area contributed by atoms with Crippen LogP contribution in [0.1, 0.15) is 0 Å². The summed E-state index contributed by atoms with van der Waals surface area (Å²) in [6, 6.07) is 0.